The average Bonchev–Trinajstić information content (AvgIpc) is 3.59. The molecule has 0 aliphatic heterocycles. The lowest BCUT2D eigenvalue weighted by atomic mass is 10.2. The fourth-order valence-electron chi connectivity index (χ4n) is 4.31. The van der Waals surface area contributed by atoms with E-state index in [-0.39, 0.29) is 11.8 Å². The molecule has 0 aliphatic carbocycles. The van der Waals surface area contributed by atoms with Crippen molar-refractivity contribution in [3.63, 3.8) is 0 Å². The predicted octanol–water partition coefficient (Wildman–Crippen LogP) is 5.04. The number of anilines is 3. The fourth-order valence-corrected chi connectivity index (χ4v) is 5.15. The number of hydrogen-bond acceptors (Lipinski definition) is 10. The summed E-state index contributed by atoms with van der Waals surface area (Å²) in [5.41, 5.74) is 3.52. The van der Waals surface area contributed by atoms with Gasteiger partial charge < -0.3 is 19.8 Å². The Labute approximate surface area is 242 Å². The zero-order valence-corrected chi connectivity index (χ0v) is 24.0. The van der Waals surface area contributed by atoms with Crippen LogP contribution >= 0.6 is 0 Å². The molecule has 214 valence electrons. The second-order valence-electron chi connectivity index (χ2n) is 9.52. The molecule has 12 nitrogen and oxygen atoms in total. The van der Waals surface area contributed by atoms with E-state index in [4.69, 9.17) is 9.15 Å². The largest absolute Gasteiger partial charge is 0.473 e. The number of furan rings is 1. The minimum atomic E-state index is -3.97. The van der Waals surface area contributed by atoms with Gasteiger partial charge in [-0.1, -0.05) is 60.7 Å². The average molecular weight is 585 g/mol. The summed E-state index contributed by atoms with van der Waals surface area (Å²) in [6.07, 6.45) is 0. The molecule has 0 spiro atoms. The van der Waals surface area contributed by atoms with E-state index in [1.807, 2.05) is 73.7 Å². The van der Waals surface area contributed by atoms with E-state index in [0.29, 0.717) is 52.7 Å². The number of rotatable bonds is 10. The molecule has 0 aliphatic rings. The van der Waals surface area contributed by atoms with Crippen molar-refractivity contribution in [2.45, 2.75) is 13.5 Å². The summed E-state index contributed by atoms with van der Waals surface area (Å²) in [7, 11) is -1.09. The maximum atomic E-state index is 13.2. The summed E-state index contributed by atoms with van der Waals surface area (Å²) in [6, 6.07) is 24.3. The third-order valence-corrected chi connectivity index (χ3v) is 8.03. The van der Waals surface area contributed by atoms with Crippen LogP contribution in [0.15, 0.2) is 83.3 Å². The Morgan fingerprint density at radius 1 is 0.952 bits per heavy atom. The van der Waals surface area contributed by atoms with Crippen molar-refractivity contribution < 1.29 is 17.6 Å². The topological polar surface area (TPSA) is 140 Å². The molecule has 42 heavy (non-hydrogen) atoms. The first-order chi connectivity index (χ1) is 20.3. The zero-order valence-electron chi connectivity index (χ0n) is 23.1. The Morgan fingerprint density at radius 2 is 1.69 bits per heavy atom. The standard InChI is InChI=1S/C29H28N8O4S/c1-4-30-27-26-25(21-15-16-24(32-28(21)41-26)40-18-19-11-7-5-8-12-19)33-29(34-27)31-23-17-22(20-13-9-6-10-14-20)35-37(23)42(38,39)36(2)3/h5-17H,4,18H2,1-3H3,(H2,30,31,33,34). The highest BCUT2D eigenvalue weighted by Gasteiger charge is 2.25. The monoisotopic (exact) mass is 584 g/mol. The molecule has 0 bridgehead atoms. The fraction of sp³-hybridized carbons (Fsp3) is 0.172. The highest BCUT2D eigenvalue weighted by Crippen LogP contribution is 2.34. The van der Waals surface area contributed by atoms with Gasteiger partial charge in [0.1, 0.15) is 17.9 Å². The lowest BCUT2D eigenvalue weighted by Crippen LogP contribution is -2.30. The molecule has 4 aromatic heterocycles. The number of nitrogens with zero attached hydrogens (tertiary/aromatic N) is 6. The summed E-state index contributed by atoms with van der Waals surface area (Å²) in [6.45, 7) is 2.86. The van der Waals surface area contributed by atoms with Crippen molar-refractivity contribution in [1.82, 2.24) is 28.4 Å². The van der Waals surface area contributed by atoms with Crippen LogP contribution in [0, 0.1) is 0 Å². The molecule has 6 aromatic rings. The first-order valence-corrected chi connectivity index (χ1v) is 14.6. The van der Waals surface area contributed by atoms with E-state index in [9.17, 15) is 8.42 Å². The van der Waals surface area contributed by atoms with Gasteiger partial charge in [0.25, 0.3) is 0 Å². The van der Waals surface area contributed by atoms with E-state index in [2.05, 4.69) is 30.7 Å². The maximum Gasteiger partial charge on any atom is 0.324 e. The van der Waals surface area contributed by atoms with Crippen LogP contribution < -0.4 is 15.4 Å². The summed E-state index contributed by atoms with van der Waals surface area (Å²) in [5, 5.41) is 11.3. The molecule has 0 fully saturated rings. The van der Waals surface area contributed by atoms with E-state index >= 15 is 0 Å². The minimum Gasteiger partial charge on any atom is -0.473 e. The molecular weight excluding hydrogens is 556 g/mol. The van der Waals surface area contributed by atoms with E-state index in [1.165, 1.54) is 14.1 Å². The van der Waals surface area contributed by atoms with Crippen LogP contribution in [0.25, 0.3) is 33.5 Å². The molecule has 2 N–H and O–H groups in total. The summed E-state index contributed by atoms with van der Waals surface area (Å²) in [4.78, 5) is 13.8. The van der Waals surface area contributed by atoms with Crippen molar-refractivity contribution in [1.29, 1.82) is 0 Å². The first kappa shape index (κ1) is 27.2. The van der Waals surface area contributed by atoms with E-state index in [0.717, 1.165) is 19.5 Å². The Kier molecular flexibility index (Phi) is 7.19. The Balaban J connectivity index is 1.40. The van der Waals surface area contributed by atoms with Gasteiger partial charge in [0.15, 0.2) is 11.4 Å². The third-order valence-electron chi connectivity index (χ3n) is 6.40. The summed E-state index contributed by atoms with van der Waals surface area (Å²) in [5.74, 6) is 1.17. The molecule has 4 heterocycles. The molecule has 6 rings (SSSR count). The number of benzene rings is 2. The van der Waals surface area contributed by atoms with Crippen LogP contribution in [0.5, 0.6) is 5.88 Å². The predicted molar refractivity (Wildman–Crippen MR) is 161 cm³/mol. The normalized spacial score (nSPS) is 11.8. The van der Waals surface area contributed by atoms with Gasteiger partial charge >= 0.3 is 10.2 Å². The second-order valence-corrected chi connectivity index (χ2v) is 11.5. The van der Waals surface area contributed by atoms with Crippen molar-refractivity contribution in [3.05, 3.63) is 84.4 Å². The van der Waals surface area contributed by atoms with Crippen LogP contribution in [0.4, 0.5) is 17.6 Å². The van der Waals surface area contributed by atoms with Crippen molar-refractivity contribution in [3.8, 4) is 17.1 Å². The number of nitrogens with one attached hydrogen (secondary N) is 2. The van der Waals surface area contributed by atoms with Gasteiger partial charge in [-0.3, -0.25) is 0 Å². The quantitative estimate of drug-likeness (QED) is 0.225. The maximum absolute atomic E-state index is 13.2. The third kappa shape index (κ3) is 5.22. The molecule has 13 heteroatoms. The molecule has 0 saturated carbocycles. The van der Waals surface area contributed by atoms with Crippen molar-refractivity contribution >= 4 is 50.0 Å². The number of hydrogen-bond donors (Lipinski definition) is 2. The number of aromatic nitrogens is 5. The van der Waals surface area contributed by atoms with E-state index < -0.39 is 10.2 Å². The van der Waals surface area contributed by atoms with Gasteiger partial charge in [-0.15, -0.1) is 4.09 Å². The first-order valence-electron chi connectivity index (χ1n) is 13.2. The van der Waals surface area contributed by atoms with Gasteiger partial charge in [-0.25, -0.2) is 4.98 Å². The van der Waals surface area contributed by atoms with Gasteiger partial charge in [0, 0.05) is 38.3 Å². The van der Waals surface area contributed by atoms with Crippen molar-refractivity contribution in [2.75, 3.05) is 31.3 Å². The van der Waals surface area contributed by atoms with Crippen LogP contribution in [-0.4, -0.2) is 57.5 Å². The second kappa shape index (κ2) is 11.1. The van der Waals surface area contributed by atoms with Gasteiger partial charge in [0.2, 0.25) is 17.5 Å². The zero-order chi connectivity index (χ0) is 29.3. The van der Waals surface area contributed by atoms with Crippen LogP contribution in [0.2, 0.25) is 0 Å². The highest BCUT2D eigenvalue weighted by molar-refractivity contribution is 7.87. The van der Waals surface area contributed by atoms with E-state index in [1.54, 1.807) is 12.1 Å². The Hall–Kier alpha value is -5.01. The van der Waals surface area contributed by atoms with Crippen LogP contribution in [0.1, 0.15) is 12.5 Å². The number of fused-ring (bicyclic) bond motifs is 3. The minimum absolute atomic E-state index is 0.153. The number of pyridine rings is 1. The molecule has 0 unspecified atom stereocenters. The van der Waals surface area contributed by atoms with Crippen LogP contribution in [-0.2, 0) is 16.8 Å². The summed E-state index contributed by atoms with van der Waals surface area (Å²) < 4.78 is 40.3. The van der Waals surface area contributed by atoms with Gasteiger partial charge in [0.05, 0.1) is 11.1 Å². The SMILES string of the molecule is CCNc1nc(Nc2cc(-c3ccccc3)nn2S(=O)(=O)N(C)C)nc2c1oc1nc(OCc3ccccc3)ccc12. The Bertz CT molecular complexity index is 1970. The highest BCUT2D eigenvalue weighted by atomic mass is 32.2. The Morgan fingerprint density at radius 3 is 2.40 bits per heavy atom. The summed E-state index contributed by atoms with van der Waals surface area (Å²) >= 11 is 0. The molecule has 0 radical (unpaired) electrons. The lowest BCUT2D eigenvalue weighted by Gasteiger charge is -2.14. The molecule has 0 amide bonds. The molecule has 0 saturated heterocycles. The van der Waals surface area contributed by atoms with Gasteiger partial charge in [-0.05, 0) is 18.6 Å². The molecular formula is C29H28N8O4S. The van der Waals surface area contributed by atoms with Crippen molar-refractivity contribution in [2.24, 2.45) is 0 Å². The molecule has 0 atom stereocenters. The lowest BCUT2D eigenvalue weighted by molar-refractivity contribution is 0.294. The smallest absolute Gasteiger partial charge is 0.324 e. The van der Waals surface area contributed by atoms with Gasteiger partial charge in [-0.2, -0.15) is 27.8 Å². The van der Waals surface area contributed by atoms with Crippen LogP contribution in [0.3, 0.4) is 0 Å². The molecule has 2 aromatic carbocycles. The number of ether oxygens (including phenoxy) is 1.